The van der Waals surface area contributed by atoms with Gasteiger partial charge in [-0.2, -0.15) is 0 Å². The van der Waals surface area contributed by atoms with Gasteiger partial charge in [-0.05, 0) is 30.2 Å². The van der Waals surface area contributed by atoms with Gasteiger partial charge in [0.05, 0.1) is 13.2 Å². The maximum absolute atomic E-state index is 11.1. The summed E-state index contributed by atoms with van der Waals surface area (Å²) in [5, 5.41) is 13.2. The molecule has 0 fully saturated rings. The standard InChI is InChI=1S/C19H25N3O4/c1-25-19(24)9-4-14-2-6-16(7-3-14)26-11-10-21-13-17(23)15-5-8-18(20)22-12-15/h2-3,5-8,12,17,21,23H,4,9-11,13H2,1H3,(H2,20,22). The van der Waals surface area contributed by atoms with Crippen molar-refractivity contribution in [2.45, 2.75) is 18.9 Å². The van der Waals surface area contributed by atoms with Gasteiger partial charge in [0.2, 0.25) is 0 Å². The molecule has 26 heavy (non-hydrogen) atoms. The first-order chi connectivity index (χ1) is 12.6. The minimum Gasteiger partial charge on any atom is -0.492 e. The highest BCUT2D eigenvalue weighted by molar-refractivity contribution is 5.69. The van der Waals surface area contributed by atoms with Crippen LogP contribution in [0.1, 0.15) is 23.7 Å². The molecule has 1 unspecified atom stereocenters. The van der Waals surface area contributed by atoms with E-state index >= 15 is 0 Å². The van der Waals surface area contributed by atoms with Crippen LogP contribution in [-0.2, 0) is 16.0 Å². The molecule has 7 heteroatoms. The molecule has 140 valence electrons. The maximum atomic E-state index is 11.1. The predicted octanol–water partition coefficient (Wildman–Crippen LogP) is 1.47. The predicted molar refractivity (Wildman–Crippen MR) is 98.8 cm³/mol. The molecule has 0 amide bonds. The number of carbonyl (C=O) groups is 1. The summed E-state index contributed by atoms with van der Waals surface area (Å²) in [7, 11) is 1.39. The van der Waals surface area contributed by atoms with E-state index in [9.17, 15) is 9.90 Å². The van der Waals surface area contributed by atoms with Crippen LogP contribution < -0.4 is 15.8 Å². The van der Waals surface area contributed by atoms with Gasteiger partial charge in [-0.25, -0.2) is 4.98 Å². The molecule has 1 aromatic heterocycles. The Hall–Kier alpha value is -2.64. The molecule has 4 N–H and O–H groups in total. The Morgan fingerprint density at radius 1 is 1.27 bits per heavy atom. The third-order valence-corrected chi connectivity index (χ3v) is 3.85. The fraction of sp³-hybridized carbons (Fsp3) is 0.368. The molecule has 0 aliphatic carbocycles. The van der Waals surface area contributed by atoms with Gasteiger partial charge in [0, 0.05) is 31.3 Å². The second-order valence-electron chi connectivity index (χ2n) is 5.80. The zero-order valence-electron chi connectivity index (χ0n) is 14.9. The summed E-state index contributed by atoms with van der Waals surface area (Å²) in [4.78, 5) is 15.1. The van der Waals surface area contributed by atoms with E-state index in [0.29, 0.717) is 38.4 Å². The summed E-state index contributed by atoms with van der Waals surface area (Å²) in [5.74, 6) is 0.976. The quantitative estimate of drug-likeness (QED) is 0.436. The minimum atomic E-state index is -0.641. The average molecular weight is 359 g/mol. The summed E-state index contributed by atoms with van der Waals surface area (Å²) in [6.07, 6.45) is 1.94. The van der Waals surface area contributed by atoms with Crippen LogP contribution in [0.25, 0.3) is 0 Å². The second-order valence-corrected chi connectivity index (χ2v) is 5.80. The maximum Gasteiger partial charge on any atom is 0.305 e. The molecule has 0 bridgehead atoms. The Morgan fingerprint density at radius 2 is 2.04 bits per heavy atom. The monoisotopic (exact) mass is 359 g/mol. The van der Waals surface area contributed by atoms with Crippen LogP contribution in [0.5, 0.6) is 5.75 Å². The topological polar surface area (TPSA) is 107 Å². The first-order valence-electron chi connectivity index (χ1n) is 8.47. The molecule has 1 heterocycles. The number of methoxy groups -OCH3 is 1. The zero-order chi connectivity index (χ0) is 18.8. The Labute approximate surface area is 153 Å². The number of carbonyl (C=O) groups excluding carboxylic acids is 1. The van der Waals surface area contributed by atoms with Crippen LogP contribution in [0.3, 0.4) is 0 Å². The number of aromatic nitrogens is 1. The minimum absolute atomic E-state index is 0.214. The smallest absolute Gasteiger partial charge is 0.305 e. The number of nitrogens with two attached hydrogens (primary N) is 1. The Morgan fingerprint density at radius 3 is 2.69 bits per heavy atom. The van der Waals surface area contributed by atoms with E-state index in [1.165, 1.54) is 7.11 Å². The molecule has 0 saturated carbocycles. The van der Waals surface area contributed by atoms with Gasteiger partial charge in [-0.1, -0.05) is 18.2 Å². The number of aryl methyl sites for hydroxylation is 1. The summed E-state index contributed by atoms with van der Waals surface area (Å²) >= 11 is 0. The van der Waals surface area contributed by atoms with Gasteiger partial charge in [-0.15, -0.1) is 0 Å². The molecular formula is C19H25N3O4. The zero-order valence-corrected chi connectivity index (χ0v) is 14.9. The van der Waals surface area contributed by atoms with Crippen LogP contribution in [-0.4, -0.2) is 42.9 Å². The van der Waals surface area contributed by atoms with E-state index in [1.807, 2.05) is 24.3 Å². The van der Waals surface area contributed by atoms with Crippen molar-refractivity contribution in [3.63, 3.8) is 0 Å². The lowest BCUT2D eigenvalue weighted by Gasteiger charge is -2.12. The fourth-order valence-corrected chi connectivity index (χ4v) is 2.31. The normalized spacial score (nSPS) is 11.8. The van der Waals surface area contributed by atoms with Gasteiger partial charge >= 0.3 is 5.97 Å². The molecule has 1 aromatic carbocycles. The Balaban J connectivity index is 1.63. The van der Waals surface area contributed by atoms with Crippen molar-refractivity contribution in [3.05, 3.63) is 53.7 Å². The molecule has 0 saturated heterocycles. The van der Waals surface area contributed by atoms with E-state index in [1.54, 1.807) is 18.3 Å². The van der Waals surface area contributed by atoms with Gasteiger partial charge in [-0.3, -0.25) is 4.79 Å². The molecule has 2 aromatic rings. The average Bonchev–Trinajstić information content (AvgIpc) is 2.67. The fourth-order valence-electron chi connectivity index (χ4n) is 2.31. The van der Waals surface area contributed by atoms with Crippen LogP contribution in [0.2, 0.25) is 0 Å². The molecule has 2 rings (SSSR count). The highest BCUT2D eigenvalue weighted by Gasteiger charge is 2.07. The Bertz CT molecular complexity index is 674. The van der Waals surface area contributed by atoms with Crippen LogP contribution in [0, 0.1) is 0 Å². The van der Waals surface area contributed by atoms with E-state index in [-0.39, 0.29) is 5.97 Å². The number of aliphatic hydroxyl groups is 1. The first-order valence-corrected chi connectivity index (χ1v) is 8.47. The van der Waals surface area contributed by atoms with E-state index in [4.69, 9.17) is 10.5 Å². The largest absolute Gasteiger partial charge is 0.492 e. The van der Waals surface area contributed by atoms with E-state index < -0.39 is 6.10 Å². The van der Waals surface area contributed by atoms with Gasteiger partial charge in [0.15, 0.2) is 0 Å². The molecule has 1 atom stereocenters. The lowest BCUT2D eigenvalue weighted by molar-refractivity contribution is -0.140. The molecule has 0 aliphatic rings. The first kappa shape index (κ1) is 19.7. The van der Waals surface area contributed by atoms with Crippen LogP contribution in [0.15, 0.2) is 42.6 Å². The van der Waals surface area contributed by atoms with E-state index in [2.05, 4.69) is 15.0 Å². The number of anilines is 1. The van der Waals surface area contributed by atoms with Crippen molar-refractivity contribution in [1.82, 2.24) is 10.3 Å². The molecule has 0 aliphatic heterocycles. The summed E-state index contributed by atoms with van der Waals surface area (Å²) in [5.41, 5.74) is 7.30. The number of nitrogen functional groups attached to an aromatic ring is 1. The number of hydrogen-bond acceptors (Lipinski definition) is 7. The number of nitrogens with one attached hydrogen (secondary N) is 1. The summed E-state index contributed by atoms with van der Waals surface area (Å²) < 4.78 is 10.3. The lowest BCUT2D eigenvalue weighted by atomic mass is 10.1. The molecule has 0 radical (unpaired) electrons. The van der Waals surface area contributed by atoms with Crippen molar-refractivity contribution in [2.75, 3.05) is 32.5 Å². The van der Waals surface area contributed by atoms with Crippen molar-refractivity contribution in [1.29, 1.82) is 0 Å². The molecular weight excluding hydrogens is 334 g/mol. The van der Waals surface area contributed by atoms with Crippen molar-refractivity contribution in [2.24, 2.45) is 0 Å². The highest BCUT2D eigenvalue weighted by Crippen LogP contribution is 2.14. The number of esters is 1. The summed E-state index contributed by atoms with van der Waals surface area (Å²) in [6.45, 7) is 1.49. The van der Waals surface area contributed by atoms with Crippen molar-refractivity contribution >= 4 is 11.8 Å². The third kappa shape index (κ3) is 6.70. The highest BCUT2D eigenvalue weighted by atomic mass is 16.5. The summed E-state index contributed by atoms with van der Waals surface area (Å²) in [6, 6.07) is 11.0. The number of nitrogens with zero attached hydrogens (tertiary/aromatic N) is 1. The lowest BCUT2D eigenvalue weighted by Crippen LogP contribution is -2.26. The SMILES string of the molecule is COC(=O)CCc1ccc(OCCNCC(O)c2ccc(N)nc2)cc1. The molecule has 0 spiro atoms. The number of pyridine rings is 1. The number of rotatable bonds is 10. The molecule has 7 nitrogen and oxygen atoms in total. The number of hydrogen-bond donors (Lipinski definition) is 3. The van der Waals surface area contributed by atoms with Crippen molar-refractivity contribution in [3.8, 4) is 5.75 Å². The van der Waals surface area contributed by atoms with Crippen molar-refractivity contribution < 1.29 is 19.4 Å². The third-order valence-electron chi connectivity index (χ3n) is 3.85. The van der Waals surface area contributed by atoms with Gasteiger partial charge in [0.25, 0.3) is 0 Å². The van der Waals surface area contributed by atoms with Gasteiger partial charge in [0.1, 0.15) is 18.2 Å². The number of ether oxygens (including phenoxy) is 2. The second kappa shape index (κ2) is 10.4. The van der Waals surface area contributed by atoms with Gasteiger partial charge < -0.3 is 25.6 Å². The van der Waals surface area contributed by atoms with E-state index in [0.717, 1.165) is 16.9 Å². The van der Waals surface area contributed by atoms with Crippen LogP contribution >= 0.6 is 0 Å². The number of aliphatic hydroxyl groups excluding tert-OH is 1. The van der Waals surface area contributed by atoms with Crippen LogP contribution in [0.4, 0.5) is 5.82 Å². The number of benzene rings is 1. The Kier molecular flexibility index (Phi) is 7.85.